The lowest BCUT2D eigenvalue weighted by molar-refractivity contribution is -0.148. The number of aryl methyl sites for hydroxylation is 2. The second kappa shape index (κ2) is 6.68. The fourth-order valence-corrected chi connectivity index (χ4v) is 2.82. The predicted octanol–water partition coefficient (Wildman–Crippen LogP) is 1.43. The molecule has 0 aromatic carbocycles. The Hall–Kier alpha value is -1.40. The minimum atomic E-state index is -1.28. The number of carbonyl (C=O) groups is 2. The van der Waals surface area contributed by atoms with E-state index in [4.69, 9.17) is 10.5 Å². The van der Waals surface area contributed by atoms with Gasteiger partial charge in [0, 0.05) is 9.75 Å². The van der Waals surface area contributed by atoms with Crippen molar-refractivity contribution in [3.05, 3.63) is 21.4 Å². The summed E-state index contributed by atoms with van der Waals surface area (Å²) in [5.74, 6) is -1.22. The molecule has 0 saturated carbocycles. The van der Waals surface area contributed by atoms with Gasteiger partial charge in [0.25, 0.3) is 0 Å². The topological polar surface area (TPSA) is 81.4 Å². The molecule has 0 aliphatic heterocycles. The summed E-state index contributed by atoms with van der Waals surface area (Å²) in [4.78, 5) is 25.5. The van der Waals surface area contributed by atoms with Gasteiger partial charge in [-0.2, -0.15) is 0 Å². The Morgan fingerprint density at radius 3 is 2.58 bits per heavy atom. The summed E-state index contributed by atoms with van der Waals surface area (Å²) in [5, 5.41) is 2.73. The number of hydrogen-bond donors (Lipinski definition) is 2. The zero-order valence-electron chi connectivity index (χ0n) is 11.6. The molecule has 0 radical (unpaired) electrons. The van der Waals surface area contributed by atoms with Crippen LogP contribution in [0, 0.1) is 13.8 Å². The molecule has 0 saturated heterocycles. The normalized spacial score (nSPS) is 13.7. The van der Waals surface area contributed by atoms with Gasteiger partial charge < -0.3 is 15.8 Å². The van der Waals surface area contributed by atoms with E-state index in [1.165, 1.54) is 4.88 Å². The van der Waals surface area contributed by atoms with Crippen molar-refractivity contribution in [2.45, 2.75) is 39.8 Å². The van der Waals surface area contributed by atoms with E-state index in [9.17, 15) is 9.59 Å². The maximum Gasteiger partial charge on any atom is 0.332 e. The summed E-state index contributed by atoms with van der Waals surface area (Å²) in [7, 11) is 0. The summed E-state index contributed by atoms with van der Waals surface area (Å²) in [6.07, 6.45) is 0. The monoisotopic (exact) mass is 284 g/mol. The average Bonchev–Trinajstić information content (AvgIpc) is 2.67. The van der Waals surface area contributed by atoms with Gasteiger partial charge in [-0.25, -0.2) is 4.79 Å². The van der Waals surface area contributed by atoms with Gasteiger partial charge in [-0.15, -0.1) is 11.3 Å². The molecule has 5 nitrogen and oxygen atoms in total. The first kappa shape index (κ1) is 15.7. The Morgan fingerprint density at radius 1 is 1.47 bits per heavy atom. The Labute approximate surface area is 117 Å². The Balaban J connectivity index is 2.66. The van der Waals surface area contributed by atoms with E-state index in [1.54, 1.807) is 18.3 Å². The van der Waals surface area contributed by atoms with Gasteiger partial charge in [0.1, 0.15) is 0 Å². The van der Waals surface area contributed by atoms with E-state index in [-0.39, 0.29) is 12.6 Å². The lowest BCUT2D eigenvalue weighted by Gasteiger charge is -2.16. The smallest absolute Gasteiger partial charge is 0.332 e. The summed E-state index contributed by atoms with van der Waals surface area (Å²) in [6.45, 7) is 7.76. The number of nitrogens with two attached hydrogens (primary N) is 1. The van der Waals surface area contributed by atoms with Gasteiger partial charge in [0.15, 0.2) is 6.04 Å². The van der Waals surface area contributed by atoms with Crippen molar-refractivity contribution in [1.82, 2.24) is 5.32 Å². The van der Waals surface area contributed by atoms with Crippen molar-refractivity contribution in [2.24, 2.45) is 5.73 Å². The quantitative estimate of drug-likeness (QED) is 0.633. The molecule has 1 amide bonds. The van der Waals surface area contributed by atoms with Crippen LogP contribution in [0.1, 0.15) is 35.2 Å². The molecule has 1 heterocycles. The van der Waals surface area contributed by atoms with Crippen molar-refractivity contribution in [3.8, 4) is 0 Å². The number of carbonyl (C=O) groups excluding carboxylic acids is 2. The highest BCUT2D eigenvalue weighted by Crippen LogP contribution is 2.26. The SMILES string of the molecule is CCOC(=O)C(N)C(=O)NC(C)c1cc(C)sc1C. The van der Waals surface area contributed by atoms with Gasteiger partial charge >= 0.3 is 5.97 Å². The molecule has 0 spiro atoms. The highest BCUT2D eigenvalue weighted by Gasteiger charge is 2.25. The number of hydrogen-bond acceptors (Lipinski definition) is 5. The first-order valence-electron chi connectivity index (χ1n) is 6.16. The van der Waals surface area contributed by atoms with Gasteiger partial charge in [-0.05, 0) is 39.3 Å². The Kier molecular flexibility index (Phi) is 5.50. The zero-order valence-corrected chi connectivity index (χ0v) is 12.5. The van der Waals surface area contributed by atoms with Crippen LogP contribution in [0.2, 0.25) is 0 Å². The van der Waals surface area contributed by atoms with Crippen LogP contribution in [0.3, 0.4) is 0 Å². The van der Waals surface area contributed by atoms with Crippen LogP contribution in [0.5, 0.6) is 0 Å². The molecule has 0 aliphatic rings. The maximum absolute atomic E-state index is 11.8. The third kappa shape index (κ3) is 4.04. The highest BCUT2D eigenvalue weighted by atomic mass is 32.1. The molecular formula is C13H20N2O3S. The third-order valence-corrected chi connectivity index (χ3v) is 3.71. The van der Waals surface area contributed by atoms with Crippen molar-refractivity contribution in [3.63, 3.8) is 0 Å². The summed E-state index contributed by atoms with van der Waals surface area (Å²) < 4.78 is 4.72. The Bertz CT molecular complexity index is 470. The van der Waals surface area contributed by atoms with Crippen molar-refractivity contribution in [1.29, 1.82) is 0 Å². The van der Waals surface area contributed by atoms with Crippen molar-refractivity contribution >= 4 is 23.2 Å². The summed E-state index contributed by atoms with van der Waals surface area (Å²) >= 11 is 1.67. The maximum atomic E-state index is 11.8. The average molecular weight is 284 g/mol. The van der Waals surface area contributed by atoms with Crippen LogP contribution >= 0.6 is 11.3 Å². The fourth-order valence-electron chi connectivity index (χ4n) is 1.80. The van der Waals surface area contributed by atoms with Crippen LogP contribution in [-0.4, -0.2) is 24.5 Å². The van der Waals surface area contributed by atoms with Gasteiger partial charge in [-0.1, -0.05) is 0 Å². The lowest BCUT2D eigenvalue weighted by atomic mass is 10.1. The van der Waals surface area contributed by atoms with Crippen LogP contribution < -0.4 is 11.1 Å². The fraction of sp³-hybridized carbons (Fsp3) is 0.538. The number of ether oxygens (including phenoxy) is 1. The van der Waals surface area contributed by atoms with Crippen LogP contribution in [0.4, 0.5) is 0 Å². The highest BCUT2D eigenvalue weighted by molar-refractivity contribution is 7.12. The standard InChI is InChI=1S/C13H20N2O3S/c1-5-18-13(17)11(14)12(16)15-8(3)10-6-7(2)19-9(10)4/h6,8,11H,5,14H2,1-4H3,(H,15,16). The molecule has 1 aromatic heterocycles. The van der Waals surface area contributed by atoms with E-state index in [2.05, 4.69) is 5.32 Å². The molecule has 6 heteroatoms. The molecule has 0 bridgehead atoms. The van der Waals surface area contributed by atoms with Crippen molar-refractivity contribution in [2.75, 3.05) is 6.61 Å². The van der Waals surface area contributed by atoms with Gasteiger partial charge in [-0.3, -0.25) is 4.79 Å². The molecule has 2 unspecified atom stereocenters. The molecule has 1 aromatic rings. The molecule has 19 heavy (non-hydrogen) atoms. The minimum absolute atomic E-state index is 0.182. The van der Waals surface area contributed by atoms with Crippen LogP contribution in [0.25, 0.3) is 0 Å². The van der Waals surface area contributed by atoms with Crippen molar-refractivity contribution < 1.29 is 14.3 Å². The second-order valence-electron chi connectivity index (χ2n) is 4.33. The molecular weight excluding hydrogens is 264 g/mol. The number of esters is 1. The van der Waals surface area contributed by atoms with E-state index in [1.807, 2.05) is 26.8 Å². The zero-order chi connectivity index (χ0) is 14.6. The molecule has 1 rings (SSSR count). The van der Waals surface area contributed by atoms with Crippen LogP contribution in [-0.2, 0) is 14.3 Å². The van der Waals surface area contributed by atoms with E-state index in [0.717, 1.165) is 10.4 Å². The van der Waals surface area contributed by atoms with Gasteiger partial charge in [0.2, 0.25) is 5.91 Å². The Morgan fingerprint density at radius 2 is 2.11 bits per heavy atom. The molecule has 2 atom stereocenters. The first-order chi connectivity index (χ1) is 8.86. The van der Waals surface area contributed by atoms with E-state index >= 15 is 0 Å². The largest absolute Gasteiger partial charge is 0.464 e. The van der Waals surface area contributed by atoms with Crippen LogP contribution in [0.15, 0.2) is 6.07 Å². The molecule has 0 fully saturated rings. The lowest BCUT2D eigenvalue weighted by Crippen LogP contribution is -2.47. The molecule has 0 aliphatic carbocycles. The first-order valence-corrected chi connectivity index (χ1v) is 6.98. The van der Waals surface area contributed by atoms with E-state index in [0.29, 0.717) is 0 Å². The number of rotatable bonds is 5. The predicted molar refractivity (Wildman–Crippen MR) is 75.0 cm³/mol. The van der Waals surface area contributed by atoms with E-state index < -0.39 is 17.9 Å². The number of amides is 1. The summed E-state index contributed by atoms with van der Waals surface area (Å²) in [5.41, 5.74) is 6.58. The third-order valence-electron chi connectivity index (χ3n) is 2.73. The van der Waals surface area contributed by atoms with Gasteiger partial charge in [0.05, 0.1) is 12.6 Å². The molecule has 106 valence electrons. The number of nitrogens with one attached hydrogen (secondary N) is 1. The minimum Gasteiger partial charge on any atom is -0.464 e. The second-order valence-corrected chi connectivity index (χ2v) is 5.79. The summed E-state index contributed by atoms with van der Waals surface area (Å²) in [6, 6.07) is 0.571. The number of thiophene rings is 1. The molecule has 3 N–H and O–H groups in total.